The third-order valence-electron chi connectivity index (χ3n) is 6.32. The van der Waals surface area contributed by atoms with Gasteiger partial charge in [-0.05, 0) is 42.6 Å². The largest absolute Gasteiger partial charge is 0.338 e. The first-order valence-electron chi connectivity index (χ1n) is 11.2. The van der Waals surface area contributed by atoms with Crippen molar-refractivity contribution < 1.29 is 13.6 Å². The molecule has 176 valence electrons. The number of nitrogens with zero attached hydrogens (tertiary/aromatic N) is 6. The van der Waals surface area contributed by atoms with Crippen molar-refractivity contribution in [2.75, 3.05) is 24.5 Å². The third kappa shape index (κ3) is 3.52. The third-order valence-corrected chi connectivity index (χ3v) is 7.18. The Kier molecular flexibility index (Phi) is 5.18. The molecule has 0 saturated carbocycles. The molecular weight excluding hydrogens is 470 g/mol. The Bertz CT molecular complexity index is 1550. The zero-order valence-electron chi connectivity index (χ0n) is 18.7. The molecule has 1 saturated heterocycles. The minimum Gasteiger partial charge on any atom is -0.338 e. The zero-order chi connectivity index (χ0) is 24.1. The maximum Gasteiger partial charge on any atom is 0.260 e. The van der Waals surface area contributed by atoms with Crippen LogP contribution in [0, 0.1) is 11.6 Å². The van der Waals surface area contributed by atoms with Crippen molar-refractivity contribution in [2.45, 2.75) is 13.0 Å². The van der Waals surface area contributed by atoms with Crippen LogP contribution in [0.5, 0.6) is 0 Å². The van der Waals surface area contributed by atoms with E-state index >= 15 is 0 Å². The summed E-state index contributed by atoms with van der Waals surface area (Å²) >= 11 is 1.57. The summed E-state index contributed by atoms with van der Waals surface area (Å²) in [4.78, 5) is 22.5. The molecule has 35 heavy (non-hydrogen) atoms. The van der Waals surface area contributed by atoms with E-state index in [-0.39, 0.29) is 6.04 Å². The SMILES string of the molecule is CC1CN(c2nc3ccccc3c3nnc(-c4cccs4)n23)CCN1C(=O)c1c(F)cccc1F. The summed E-state index contributed by atoms with van der Waals surface area (Å²) in [7, 11) is 0. The zero-order valence-corrected chi connectivity index (χ0v) is 19.5. The number of hydrogen-bond donors (Lipinski definition) is 0. The average molecular weight is 491 g/mol. The van der Waals surface area contributed by atoms with Crippen LogP contribution in [0.1, 0.15) is 17.3 Å². The first-order valence-corrected chi connectivity index (χ1v) is 12.1. The van der Waals surface area contributed by atoms with Gasteiger partial charge in [0.1, 0.15) is 17.2 Å². The minimum absolute atomic E-state index is 0.292. The van der Waals surface area contributed by atoms with Crippen LogP contribution in [0.25, 0.3) is 27.3 Å². The number of piperazine rings is 1. The molecule has 6 rings (SSSR count). The number of benzene rings is 2. The molecule has 4 heterocycles. The van der Waals surface area contributed by atoms with Crippen LogP contribution >= 0.6 is 11.3 Å². The Morgan fingerprint density at radius 3 is 2.54 bits per heavy atom. The highest BCUT2D eigenvalue weighted by atomic mass is 32.1. The average Bonchev–Trinajstić information content (AvgIpc) is 3.53. The monoisotopic (exact) mass is 490 g/mol. The van der Waals surface area contributed by atoms with Gasteiger partial charge in [0.2, 0.25) is 5.95 Å². The molecule has 2 aromatic carbocycles. The van der Waals surface area contributed by atoms with E-state index in [2.05, 4.69) is 15.1 Å². The minimum atomic E-state index is -0.854. The molecule has 7 nitrogen and oxygen atoms in total. The summed E-state index contributed by atoms with van der Waals surface area (Å²) in [5.41, 5.74) is 0.978. The van der Waals surface area contributed by atoms with Crippen molar-refractivity contribution in [1.82, 2.24) is 24.5 Å². The molecule has 0 spiro atoms. The fourth-order valence-corrected chi connectivity index (χ4v) is 5.33. The normalized spacial score (nSPS) is 16.4. The van der Waals surface area contributed by atoms with E-state index in [9.17, 15) is 13.6 Å². The number of fused-ring (bicyclic) bond motifs is 3. The molecule has 0 radical (unpaired) electrons. The van der Waals surface area contributed by atoms with Crippen LogP contribution in [0.3, 0.4) is 0 Å². The van der Waals surface area contributed by atoms with Crippen LogP contribution in [-0.2, 0) is 0 Å². The number of amides is 1. The first kappa shape index (κ1) is 21.6. The number of hydrogen-bond acceptors (Lipinski definition) is 6. The first-order chi connectivity index (χ1) is 17.0. The van der Waals surface area contributed by atoms with Crippen molar-refractivity contribution in [3.05, 3.63) is 77.2 Å². The van der Waals surface area contributed by atoms with Crippen LogP contribution in [0.15, 0.2) is 60.0 Å². The summed E-state index contributed by atoms with van der Waals surface area (Å²) in [5.74, 6) is -0.987. The van der Waals surface area contributed by atoms with Gasteiger partial charge in [-0.2, -0.15) is 0 Å². The molecule has 1 fully saturated rings. The Morgan fingerprint density at radius 2 is 1.80 bits per heavy atom. The van der Waals surface area contributed by atoms with E-state index in [0.717, 1.165) is 27.9 Å². The molecule has 0 aliphatic carbocycles. The Balaban J connectivity index is 1.40. The quantitative estimate of drug-likeness (QED) is 0.369. The highest BCUT2D eigenvalue weighted by Gasteiger charge is 2.33. The Labute approximate surface area is 203 Å². The number of carbonyl (C=O) groups excluding carboxylic acids is 1. The van der Waals surface area contributed by atoms with Gasteiger partial charge in [0, 0.05) is 31.1 Å². The summed E-state index contributed by atoms with van der Waals surface area (Å²) < 4.78 is 30.5. The molecule has 1 aliphatic heterocycles. The number of para-hydroxylation sites is 1. The summed E-state index contributed by atoms with van der Waals surface area (Å²) in [6, 6.07) is 14.9. The second-order valence-electron chi connectivity index (χ2n) is 8.48. The molecular formula is C25H20F2N6OS. The van der Waals surface area contributed by atoms with E-state index < -0.39 is 23.1 Å². The summed E-state index contributed by atoms with van der Waals surface area (Å²) in [6.45, 7) is 3.03. The number of halogens is 2. The fourth-order valence-electron chi connectivity index (χ4n) is 4.63. The van der Waals surface area contributed by atoms with Gasteiger partial charge in [-0.25, -0.2) is 18.2 Å². The summed E-state index contributed by atoms with van der Waals surface area (Å²) in [6.07, 6.45) is 0. The van der Waals surface area contributed by atoms with Gasteiger partial charge in [0.15, 0.2) is 11.5 Å². The smallest absolute Gasteiger partial charge is 0.260 e. The van der Waals surface area contributed by atoms with Crippen molar-refractivity contribution >= 4 is 39.7 Å². The van der Waals surface area contributed by atoms with Gasteiger partial charge in [0.25, 0.3) is 5.91 Å². The van der Waals surface area contributed by atoms with E-state index in [1.807, 2.05) is 53.1 Å². The highest BCUT2D eigenvalue weighted by Crippen LogP contribution is 2.31. The molecule has 1 atom stereocenters. The number of rotatable bonds is 3. The van der Waals surface area contributed by atoms with Gasteiger partial charge in [-0.1, -0.05) is 24.3 Å². The second-order valence-corrected chi connectivity index (χ2v) is 9.43. The van der Waals surface area contributed by atoms with Crippen LogP contribution in [0.4, 0.5) is 14.7 Å². The van der Waals surface area contributed by atoms with E-state index in [1.165, 1.54) is 11.0 Å². The van der Waals surface area contributed by atoms with E-state index in [4.69, 9.17) is 4.98 Å². The Morgan fingerprint density at radius 1 is 1.00 bits per heavy atom. The molecule has 10 heteroatoms. The van der Waals surface area contributed by atoms with Crippen LogP contribution < -0.4 is 4.90 Å². The van der Waals surface area contributed by atoms with E-state index in [0.29, 0.717) is 37.1 Å². The lowest BCUT2D eigenvalue weighted by Crippen LogP contribution is -2.55. The van der Waals surface area contributed by atoms with Gasteiger partial charge < -0.3 is 9.80 Å². The molecule has 1 amide bonds. The predicted octanol–water partition coefficient (Wildman–Crippen LogP) is 4.64. The van der Waals surface area contributed by atoms with E-state index in [1.54, 1.807) is 11.3 Å². The fraction of sp³-hybridized carbons (Fsp3) is 0.200. The number of carbonyl (C=O) groups is 1. The number of aromatic nitrogens is 4. The molecule has 0 bridgehead atoms. The number of anilines is 1. The molecule has 0 N–H and O–H groups in total. The maximum absolute atomic E-state index is 14.3. The Hall–Kier alpha value is -3.92. The van der Waals surface area contributed by atoms with Crippen molar-refractivity contribution in [3.63, 3.8) is 0 Å². The topological polar surface area (TPSA) is 66.6 Å². The lowest BCUT2D eigenvalue weighted by molar-refractivity contribution is 0.0663. The highest BCUT2D eigenvalue weighted by molar-refractivity contribution is 7.13. The predicted molar refractivity (Wildman–Crippen MR) is 131 cm³/mol. The molecule has 1 unspecified atom stereocenters. The van der Waals surface area contributed by atoms with Crippen molar-refractivity contribution in [3.8, 4) is 10.7 Å². The van der Waals surface area contributed by atoms with Gasteiger partial charge in [-0.15, -0.1) is 21.5 Å². The molecule has 3 aromatic heterocycles. The summed E-state index contributed by atoms with van der Waals surface area (Å²) in [5, 5.41) is 11.8. The van der Waals surface area contributed by atoms with Gasteiger partial charge in [-0.3, -0.25) is 4.79 Å². The van der Waals surface area contributed by atoms with Gasteiger partial charge in [0.05, 0.1) is 10.4 Å². The van der Waals surface area contributed by atoms with Crippen LogP contribution in [0.2, 0.25) is 0 Å². The molecule has 1 aliphatic rings. The maximum atomic E-state index is 14.3. The van der Waals surface area contributed by atoms with Crippen molar-refractivity contribution in [2.24, 2.45) is 0 Å². The lowest BCUT2D eigenvalue weighted by Gasteiger charge is -2.40. The molecule has 5 aromatic rings. The van der Waals surface area contributed by atoms with Gasteiger partial charge >= 0.3 is 0 Å². The lowest BCUT2D eigenvalue weighted by atomic mass is 10.1. The van der Waals surface area contributed by atoms with Crippen molar-refractivity contribution in [1.29, 1.82) is 0 Å². The number of thiophene rings is 1. The second kappa shape index (κ2) is 8.38. The van der Waals surface area contributed by atoms with Crippen LogP contribution in [-0.4, -0.2) is 56.1 Å². The standard InChI is InChI=1S/C25H20F2N6OS/c1-15-14-31(11-12-32(15)24(34)21-17(26)7-4-8-18(21)27)25-28-19-9-3-2-6-16(19)22-29-30-23(33(22)25)20-10-5-13-35-20/h2-10,13,15H,11-12,14H2,1H3.